The quantitative estimate of drug-likeness (QED) is 0.765. The van der Waals surface area contributed by atoms with Crippen molar-refractivity contribution in [2.75, 3.05) is 11.1 Å². The smallest absolute Gasteiger partial charge is 0.313 e. The number of hydrogen-bond acceptors (Lipinski definition) is 3. The lowest BCUT2D eigenvalue weighted by molar-refractivity contribution is -0.133. The standard InChI is InChI=1S/C12H15NO3S/c1-2-5-11(14)13-9-6-3-4-7-10(9)17-8-12(15)16/h3-4,6-7H,2,5,8H2,1H3,(H,13,14)(H,15,16). The molecule has 0 aliphatic heterocycles. The van der Waals surface area contributed by atoms with Crippen LogP contribution in [0.15, 0.2) is 29.2 Å². The first-order valence-electron chi connectivity index (χ1n) is 5.37. The Morgan fingerprint density at radius 2 is 2.06 bits per heavy atom. The minimum atomic E-state index is -0.871. The fourth-order valence-electron chi connectivity index (χ4n) is 1.28. The van der Waals surface area contributed by atoms with E-state index >= 15 is 0 Å². The Bertz CT molecular complexity index is 406. The van der Waals surface area contributed by atoms with Crippen molar-refractivity contribution >= 4 is 29.3 Å². The summed E-state index contributed by atoms with van der Waals surface area (Å²) < 4.78 is 0. The first kappa shape index (κ1) is 13.6. The molecule has 1 aromatic rings. The fourth-order valence-corrected chi connectivity index (χ4v) is 2.00. The van der Waals surface area contributed by atoms with E-state index in [1.165, 1.54) is 11.8 Å². The lowest BCUT2D eigenvalue weighted by atomic mass is 10.3. The number of carbonyl (C=O) groups excluding carboxylic acids is 1. The second-order valence-corrected chi connectivity index (χ2v) is 4.49. The van der Waals surface area contributed by atoms with Crippen LogP contribution in [0.5, 0.6) is 0 Å². The molecule has 1 amide bonds. The molecule has 0 radical (unpaired) electrons. The van der Waals surface area contributed by atoms with E-state index < -0.39 is 5.97 Å². The largest absolute Gasteiger partial charge is 0.481 e. The number of nitrogens with one attached hydrogen (secondary N) is 1. The van der Waals surface area contributed by atoms with Crippen molar-refractivity contribution in [2.24, 2.45) is 0 Å². The third-order valence-corrected chi connectivity index (χ3v) is 3.05. The van der Waals surface area contributed by atoms with E-state index in [1.54, 1.807) is 12.1 Å². The minimum absolute atomic E-state index is 0.0132. The average Bonchev–Trinajstić information content (AvgIpc) is 2.28. The first-order valence-corrected chi connectivity index (χ1v) is 6.35. The molecule has 0 heterocycles. The SMILES string of the molecule is CCCC(=O)Nc1ccccc1SCC(=O)O. The van der Waals surface area contributed by atoms with Gasteiger partial charge in [-0.2, -0.15) is 0 Å². The summed E-state index contributed by atoms with van der Waals surface area (Å²) in [6.07, 6.45) is 1.26. The molecule has 92 valence electrons. The third kappa shape index (κ3) is 4.91. The molecule has 0 atom stereocenters. The lowest BCUT2D eigenvalue weighted by Gasteiger charge is -2.09. The van der Waals surface area contributed by atoms with Crippen LogP contribution in [0.25, 0.3) is 0 Å². The molecular weight excluding hydrogens is 238 g/mol. The van der Waals surface area contributed by atoms with Crippen molar-refractivity contribution in [1.29, 1.82) is 0 Å². The monoisotopic (exact) mass is 253 g/mol. The van der Waals surface area contributed by atoms with Gasteiger partial charge in [0.15, 0.2) is 0 Å². The van der Waals surface area contributed by atoms with Gasteiger partial charge in [-0.15, -0.1) is 11.8 Å². The molecular formula is C12H15NO3S. The van der Waals surface area contributed by atoms with Gasteiger partial charge in [0.1, 0.15) is 0 Å². The average molecular weight is 253 g/mol. The Kier molecular flexibility index (Phi) is 5.56. The van der Waals surface area contributed by atoms with Crippen LogP contribution in [0.1, 0.15) is 19.8 Å². The molecule has 1 aromatic carbocycles. The molecule has 0 saturated heterocycles. The van der Waals surface area contributed by atoms with E-state index in [9.17, 15) is 9.59 Å². The Morgan fingerprint density at radius 1 is 1.35 bits per heavy atom. The highest BCUT2D eigenvalue weighted by molar-refractivity contribution is 8.00. The highest BCUT2D eigenvalue weighted by atomic mass is 32.2. The zero-order valence-electron chi connectivity index (χ0n) is 9.60. The van der Waals surface area contributed by atoms with Crippen molar-refractivity contribution < 1.29 is 14.7 Å². The number of amides is 1. The molecule has 5 heteroatoms. The molecule has 0 aliphatic carbocycles. The number of thioether (sulfide) groups is 1. The van der Waals surface area contributed by atoms with Crippen LogP contribution < -0.4 is 5.32 Å². The molecule has 2 N–H and O–H groups in total. The summed E-state index contributed by atoms with van der Waals surface area (Å²) >= 11 is 1.20. The van der Waals surface area contributed by atoms with Crippen molar-refractivity contribution in [3.05, 3.63) is 24.3 Å². The van der Waals surface area contributed by atoms with Crippen molar-refractivity contribution in [3.8, 4) is 0 Å². The minimum Gasteiger partial charge on any atom is -0.481 e. The Labute approximate surface area is 104 Å². The summed E-state index contributed by atoms with van der Waals surface area (Å²) in [5.74, 6) is -0.929. The molecule has 0 aromatic heterocycles. The number of carboxylic acid groups (broad SMARTS) is 1. The van der Waals surface area contributed by atoms with E-state index in [0.717, 1.165) is 11.3 Å². The predicted molar refractivity (Wildman–Crippen MR) is 68.3 cm³/mol. The van der Waals surface area contributed by atoms with Crippen molar-refractivity contribution in [2.45, 2.75) is 24.7 Å². The second-order valence-electron chi connectivity index (χ2n) is 3.48. The maximum atomic E-state index is 11.5. The molecule has 0 fully saturated rings. The molecule has 0 unspecified atom stereocenters. The van der Waals surface area contributed by atoms with Gasteiger partial charge in [-0.05, 0) is 18.6 Å². The molecule has 1 rings (SSSR count). The Hall–Kier alpha value is -1.49. The molecule has 17 heavy (non-hydrogen) atoms. The molecule has 0 bridgehead atoms. The van der Waals surface area contributed by atoms with Gasteiger partial charge in [-0.1, -0.05) is 19.1 Å². The summed E-state index contributed by atoms with van der Waals surface area (Å²) in [5.41, 5.74) is 0.678. The number of carbonyl (C=O) groups is 2. The van der Waals surface area contributed by atoms with Gasteiger partial charge in [0.2, 0.25) is 5.91 Å². The van der Waals surface area contributed by atoms with Crippen molar-refractivity contribution in [1.82, 2.24) is 0 Å². The number of para-hydroxylation sites is 1. The summed E-state index contributed by atoms with van der Waals surface area (Å²) in [7, 11) is 0. The van der Waals surface area contributed by atoms with Crippen LogP contribution in [-0.2, 0) is 9.59 Å². The van der Waals surface area contributed by atoms with Gasteiger partial charge >= 0.3 is 5.97 Å². The van der Waals surface area contributed by atoms with E-state index in [1.807, 2.05) is 19.1 Å². The van der Waals surface area contributed by atoms with Crippen LogP contribution in [0, 0.1) is 0 Å². The molecule has 4 nitrogen and oxygen atoms in total. The van der Waals surface area contributed by atoms with Gasteiger partial charge in [0, 0.05) is 11.3 Å². The van der Waals surface area contributed by atoms with Crippen LogP contribution >= 0.6 is 11.8 Å². The highest BCUT2D eigenvalue weighted by Crippen LogP contribution is 2.26. The van der Waals surface area contributed by atoms with Gasteiger partial charge in [-0.25, -0.2) is 0 Å². The molecule has 0 spiro atoms. The van der Waals surface area contributed by atoms with Gasteiger partial charge in [0.25, 0.3) is 0 Å². The zero-order valence-corrected chi connectivity index (χ0v) is 10.4. The number of aliphatic carboxylic acids is 1. The van der Waals surface area contributed by atoms with Gasteiger partial charge in [0.05, 0.1) is 11.4 Å². The van der Waals surface area contributed by atoms with Crippen LogP contribution in [0.4, 0.5) is 5.69 Å². The highest BCUT2D eigenvalue weighted by Gasteiger charge is 2.07. The van der Waals surface area contributed by atoms with E-state index in [2.05, 4.69) is 5.32 Å². The van der Waals surface area contributed by atoms with Gasteiger partial charge < -0.3 is 10.4 Å². The fraction of sp³-hybridized carbons (Fsp3) is 0.333. The number of anilines is 1. The number of carboxylic acids is 1. The Morgan fingerprint density at radius 3 is 2.71 bits per heavy atom. The van der Waals surface area contributed by atoms with E-state index in [0.29, 0.717) is 12.1 Å². The van der Waals surface area contributed by atoms with Crippen LogP contribution in [0.3, 0.4) is 0 Å². The predicted octanol–water partition coefficient (Wildman–Crippen LogP) is 2.60. The van der Waals surface area contributed by atoms with E-state index in [-0.39, 0.29) is 11.7 Å². The number of hydrogen-bond donors (Lipinski definition) is 2. The summed E-state index contributed by atoms with van der Waals surface area (Å²) in [5, 5.41) is 11.4. The summed E-state index contributed by atoms with van der Waals surface area (Å²) in [6, 6.07) is 7.21. The summed E-state index contributed by atoms with van der Waals surface area (Å²) in [4.78, 5) is 22.7. The summed E-state index contributed by atoms with van der Waals surface area (Å²) in [6.45, 7) is 1.94. The zero-order chi connectivity index (χ0) is 12.7. The number of benzene rings is 1. The topological polar surface area (TPSA) is 66.4 Å². The molecule has 0 aliphatic rings. The van der Waals surface area contributed by atoms with Crippen molar-refractivity contribution in [3.63, 3.8) is 0 Å². The molecule has 0 saturated carbocycles. The number of rotatable bonds is 6. The normalized spacial score (nSPS) is 9.94. The first-order chi connectivity index (χ1) is 8.13. The second kappa shape index (κ2) is 6.96. The third-order valence-electron chi connectivity index (χ3n) is 1.99. The maximum absolute atomic E-state index is 11.5. The Balaban J connectivity index is 2.70. The van der Waals surface area contributed by atoms with E-state index in [4.69, 9.17) is 5.11 Å². The van der Waals surface area contributed by atoms with Crippen LogP contribution in [-0.4, -0.2) is 22.7 Å². The van der Waals surface area contributed by atoms with Crippen LogP contribution in [0.2, 0.25) is 0 Å². The maximum Gasteiger partial charge on any atom is 0.313 e. The lowest BCUT2D eigenvalue weighted by Crippen LogP contribution is -2.11. The van der Waals surface area contributed by atoms with Gasteiger partial charge in [-0.3, -0.25) is 9.59 Å².